The molecule has 2 aromatic rings. The number of aryl methyl sites for hydroxylation is 2. The number of rotatable bonds is 5. The van der Waals surface area contributed by atoms with E-state index in [4.69, 9.17) is 20.5 Å². The van der Waals surface area contributed by atoms with Crippen molar-refractivity contribution in [3.8, 4) is 11.5 Å². The smallest absolute Gasteiger partial charge is 0.342 e. The van der Waals surface area contributed by atoms with Gasteiger partial charge in [0.2, 0.25) is 0 Å². The highest BCUT2D eigenvalue weighted by atomic mass is 35.5. The first-order chi connectivity index (χ1) is 12.0. The third-order valence-corrected chi connectivity index (χ3v) is 5.86. The molecule has 0 saturated heterocycles. The van der Waals surface area contributed by atoms with Gasteiger partial charge in [0.05, 0.1) is 6.61 Å². The maximum Gasteiger partial charge on any atom is 0.342 e. The highest BCUT2D eigenvalue weighted by Crippen LogP contribution is 2.34. The highest BCUT2D eigenvalue weighted by molar-refractivity contribution is 7.87. The molecule has 0 aliphatic carbocycles. The fourth-order valence-electron chi connectivity index (χ4n) is 2.57. The van der Waals surface area contributed by atoms with E-state index < -0.39 is 10.1 Å². The minimum atomic E-state index is -4.06. The fourth-order valence-corrected chi connectivity index (χ4v) is 3.76. The van der Waals surface area contributed by atoms with E-state index in [-0.39, 0.29) is 21.8 Å². The lowest BCUT2D eigenvalue weighted by molar-refractivity contribution is 0.329. The van der Waals surface area contributed by atoms with Crippen LogP contribution in [0.1, 0.15) is 44.4 Å². The number of halogens is 1. The Hall–Kier alpha value is -1.72. The maximum absolute atomic E-state index is 12.9. The predicted molar refractivity (Wildman–Crippen MR) is 105 cm³/mol. The summed E-state index contributed by atoms with van der Waals surface area (Å²) in [5, 5.41) is 0.597. The summed E-state index contributed by atoms with van der Waals surface area (Å²) in [6.07, 6.45) is 0. The molecule has 0 amide bonds. The Bertz CT molecular complexity index is 889. The first kappa shape index (κ1) is 20.6. The molecule has 4 nitrogen and oxygen atoms in total. The fraction of sp³-hybridized carbons (Fsp3) is 0.400. The molecule has 0 aromatic heterocycles. The molecule has 6 heteroatoms. The number of hydrogen-bond acceptors (Lipinski definition) is 4. The van der Waals surface area contributed by atoms with Gasteiger partial charge in [0.15, 0.2) is 0 Å². The normalized spacial score (nSPS) is 12.1. The number of ether oxygens (including phenoxy) is 1. The van der Waals surface area contributed by atoms with Gasteiger partial charge in [0.25, 0.3) is 0 Å². The molecule has 0 bridgehead atoms. The van der Waals surface area contributed by atoms with Crippen LogP contribution in [0.15, 0.2) is 35.2 Å². The maximum atomic E-state index is 12.9. The second-order valence-electron chi connectivity index (χ2n) is 7.25. The summed E-state index contributed by atoms with van der Waals surface area (Å²) < 4.78 is 36.8. The molecule has 2 rings (SSSR count). The van der Waals surface area contributed by atoms with Gasteiger partial charge in [-0.05, 0) is 67.1 Å². The largest absolute Gasteiger partial charge is 0.492 e. The second kappa shape index (κ2) is 7.49. The Morgan fingerprint density at radius 1 is 1.04 bits per heavy atom. The zero-order valence-electron chi connectivity index (χ0n) is 16.0. The van der Waals surface area contributed by atoms with E-state index >= 15 is 0 Å². The lowest BCUT2D eigenvalue weighted by atomic mass is 9.87. The Kier molecular flexibility index (Phi) is 5.93. The molecule has 2 aromatic carbocycles. The van der Waals surface area contributed by atoms with Crippen molar-refractivity contribution in [2.24, 2.45) is 0 Å². The van der Waals surface area contributed by atoms with Gasteiger partial charge in [-0.2, -0.15) is 8.42 Å². The number of hydrogen-bond donors (Lipinski definition) is 0. The van der Waals surface area contributed by atoms with E-state index in [0.717, 1.165) is 16.7 Å². The van der Waals surface area contributed by atoms with E-state index in [0.29, 0.717) is 11.6 Å². The molecule has 0 heterocycles. The Balaban J connectivity index is 2.53. The average molecular weight is 397 g/mol. The van der Waals surface area contributed by atoms with E-state index in [1.165, 1.54) is 0 Å². The van der Waals surface area contributed by atoms with Gasteiger partial charge < -0.3 is 8.92 Å². The molecular weight excluding hydrogens is 372 g/mol. The third-order valence-electron chi connectivity index (χ3n) is 3.99. The van der Waals surface area contributed by atoms with Gasteiger partial charge in [0, 0.05) is 5.02 Å². The summed E-state index contributed by atoms with van der Waals surface area (Å²) in [6.45, 7) is 11.8. The predicted octanol–water partition coefficient (Wildman–Crippen LogP) is 5.42. The molecule has 0 radical (unpaired) electrons. The summed E-state index contributed by atoms with van der Waals surface area (Å²) in [7, 11) is -4.06. The summed E-state index contributed by atoms with van der Waals surface area (Å²) >= 11 is 6.15. The molecule has 0 spiro atoms. The molecule has 0 aliphatic heterocycles. The van der Waals surface area contributed by atoms with E-state index in [1.54, 1.807) is 45.0 Å². The molecule has 142 valence electrons. The van der Waals surface area contributed by atoms with Gasteiger partial charge in [-0.1, -0.05) is 38.4 Å². The van der Waals surface area contributed by atoms with Crippen LogP contribution in [0, 0.1) is 13.8 Å². The summed E-state index contributed by atoms with van der Waals surface area (Å²) in [5.41, 5.74) is 2.19. The van der Waals surface area contributed by atoms with E-state index in [2.05, 4.69) is 0 Å². The first-order valence-electron chi connectivity index (χ1n) is 8.44. The SMILES string of the molecule is CCOc1ccc(C(C)(C)C)cc1S(=O)(=O)Oc1cc(C)c(Cl)c(C)c1. The van der Waals surface area contributed by atoms with Crippen LogP contribution in [0.2, 0.25) is 5.02 Å². The van der Waals surface area contributed by atoms with E-state index in [9.17, 15) is 8.42 Å². The molecule has 0 atom stereocenters. The lowest BCUT2D eigenvalue weighted by Gasteiger charge is -2.21. The van der Waals surface area contributed by atoms with Gasteiger partial charge >= 0.3 is 10.1 Å². The first-order valence-corrected chi connectivity index (χ1v) is 10.2. The van der Waals surface area contributed by atoms with Gasteiger partial charge in [-0.25, -0.2) is 0 Å². The van der Waals surface area contributed by atoms with Crippen LogP contribution in [-0.2, 0) is 15.5 Å². The molecule has 0 aliphatic rings. The van der Waals surface area contributed by atoms with Gasteiger partial charge in [-0.3, -0.25) is 0 Å². The summed E-state index contributed by atoms with van der Waals surface area (Å²) in [6, 6.07) is 8.40. The monoisotopic (exact) mass is 396 g/mol. The molecule has 0 unspecified atom stereocenters. The quantitative estimate of drug-likeness (QED) is 0.633. The van der Waals surface area contributed by atoms with Crippen molar-refractivity contribution in [1.82, 2.24) is 0 Å². The van der Waals surface area contributed by atoms with Crippen LogP contribution in [0.3, 0.4) is 0 Å². The van der Waals surface area contributed by atoms with Crippen LogP contribution < -0.4 is 8.92 Å². The van der Waals surface area contributed by atoms with Crippen LogP contribution in [-0.4, -0.2) is 15.0 Å². The van der Waals surface area contributed by atoms with Crippen LogP contribution in [0.25, 0.3) is 0 Å². The highest BCUT2D eigenvalue weighted by Gasteiger charge is 2.26. The van der Waals surface area contributed by atoms with Crippen LogP contribution >= 0.6 is 11.6 Å². The van der Waals surface area contributed by atoms with Crippen molar-refractivity contribution in [3.63, 3.8) is 0 Å². The van der Waals surface area contributed by atoms with Crippen molar-refractivity contribution in [2.45, 2.75) is 51.9 Å². The minimum absolute atomic E-state index is 0.0250. The Morgan fingerprint density at radius 3 is 2.12 bits per heavy atom. The van der Waals surface area contributed by atoms with Crippen molar-refractivity contribution in [3.05, 3.63) is 52.0 Å². The van der Waals surface area contributed by atoms with E-state index in [1.807, 2.05) is 26.8 Å². The Labute approximate surface area is 161 Å². The zero-order valence-corrected chi connectivity index (χ0v) is 17.6. The zero-order chi connectivity index (χ0) is 19.7. The minimum Gasteiger partial charge on any atom is -0.492 e. The van der Waals surface area contributed by atoms with Crippen molar-refractivity contribution < 1.29 is 17.3 Å². The standard InChI is InChI=1S/C20H25ClO4S/c1-7-24-17-9-8-15(20(4,5)6)12-18(17)26(22,23)25-16-10-13(2)19(21)14(3)11-16/h8-12H,7H2,1-6H3. The summed E-state index contributed by atoms with van der Waals surface area (Å²) in [4.78, 5) is 0.0250. The van der Waals surface area contributed by atoms with Gasteiger partial charge in [0.1, 0.15) is 16.4 Å². The Morgan fingerprint density at radius 2 is 1.62 bits per heavy atom. The molecule has 0 N–H and O–H groups in total. The molecule has 0 fully saturated rings. The molecular formula is C20H25ClO4S. The number of benzene rings is 2. The van der Waals surface area contributed by atoms with Crippen molar-refractivity contribution in [2.75, 3.05) is 6.61 Å². The van der Waals surface area contributed by atoms with Gasteiger partial charge in [-0.15, -0.1) is 0 Å². The lowest BCUT2D eigenvalue weighted by Crippen LogP contribution is -2.16. The topological polar surface area (TPSA) is 52.6 Å². The van der Waals surface area contributed by atoms with Crippen molar-refractivity contribution in [1.29, 1.82) is 0 Å². The third kappa shape index (κ3) is 4.51. The van der Waals surface area contributed by atoms with Crippen LogP contribution in [0.4, 0.5) is 0 Å². The van der Waals surface area contributed by atoms with Crippen molar-refractivity contribution >= 4 is 21.7 Å². The second-order valence-corrected chi connectivity index (χ2v) is 9.15. The molecule has 26 heavy (non-hydrogen) atoms. The van der Waals surface area contributed by atoms with Crippen LogP contribution in [0.5, 0.6) is 11.5 Å². The average Bonchev–Trinajstić information content (AvgIpc) is 2.51. The molecule has 0 saturated carbocycles. The summed E-state index contributed by atoms with van der Waals surface area (Å²) in [5.74, 6) is 0.510.